The molecule has 120 valence electrons. The third-order valence-electron chi connectivity index (χ3n) is 3.04. The van der Waals surface area contributed by atoms with Gasteiger partial charge in [-0.2, -0.15) is 0 Å². The van der Waals surface area contributed by atoms with Crippen LogP contribution in [0.5, 0.6) is 0 Å². The molecule has 0 saturated carbocycles. The number of hydrogen-bond acceptors (Lipinski definition) is 4. The lowest BCUT2D eigenvalue weighted by Gasteiger charge is -2.22. The molecule has 5 nitrogen and oxygen atoms in total. The number of fused-ring (bicyclic) bond motifs is 1. The zero-order chi connectivity index (χ0) is 16.5. The topological polar surface area (TPSA) is 49.7 Å². The predicted octanol–water partition coefficient (Wildman–Crippen LogP) is 4.48. The summed E-state index contributed by atoms with van der Waals surface area (Å²) in [6.45, 7) is 5.49. The summed E-state index contributed by atoms with van der Waals surface area (Å²) in [5, 5.41) is 0.906. The zero-order valence-corrected chi connectivity index (χ0v) is 14.9. The molecule has 2 aromatic rings. The summed E-state index contributed by atoms with van der Waals surface area (Å²) in [5.41, 5.74) is 0.733. The maximum atomic E-state index is 12.6. The van der Waals surface area contributed by atoms with Crippen molar-refractivity contribution in [1.29, 1.82) is 0 Å². The van der Waals surface area contributed by atoms with Crippen LogP contribution in [0.25, 0.3) is 10.9 Å². The van der Waals surface area contributed by atoms with Gasteiger partial charge in [0.25, 0.3) is 0 Å². The van der Waals surface area contributed by atoms with E-state index in [2.05, 4.69) is 15.9 Å². The van der Waals surface area contributed by atoms with E-state index in [1.54, 1.807) is 0 Å². The first-order chi connectivity index (χ1) is 10.3. The van der Waals surface area contributed by atoms with Crippen molar-refractivity contribution in [1.82, 2.24) is 4.57 Å². The van der Waals surface area contributed by atoms with Crippen LogP contribution in [0.1, 0.15) is 32.8 Å². The van der Waals surface area contributed by atoms with Crippen LogP contribution in [0.4, 0.5) is 4.79 Å². The summed E-state index contributed by atoms with van der Waals surface area (Å²) in [7, 11) is 3.06. The Morgan fingerprint density at radius 1 is 1.18 bits per heavy atom. The third-order valence-corrected chi connectivity index (χ3v) is 3.53. The number of carbonyl (C=O) groups excluding carboxylic acids is 1. The van der Waals surface area contributed by atoms with E-state index in [1.165, 1.54) is 18.8 Å². The Morgan fingerprint density at radius 3 is 2.36 bits per heavy atom. The van der Waals surface area contributed by atoms with Crippen molar-refractivity contribution in [2.75, 3.05) is 14.2 Å². The van der Waals surface area contributed by atoms with Gasteiger partial charge in [0.2, 0.25) is 0 Å². The highest BCUT2D eigenvalue weighted by atomic mass is 79.9. The maximum absolute atomic E-state index is 12.6. The minimum absolute atomic E-state index is 0.463. The number of hydrogen-bond donors (Lipinski definition) is 0. The lowest BCUT2D eigenvalue weighted by molar-refractivity contribution is -0.110. The van der Waals surface area contributed by atoms with Crippen LogP contribution in [-0.2, 0) is 14.2 Å². The molecule has 0 unspecified atom stereocenters. The number of carbonyl (C=O) groups is 1. The van der Waals surface area contributed by atoms with E-state index in [4.69, 9.17) is 14.2 Å². The average Bonchev–Trinajstić information content (AvgIpc) is 2.76. The largest absolute Gasteiger partial charge is 0.443 e. The van der Waals surface area contributed by atoms with Crippen molar-refractivity contribution in [3.63, 3.8) is 0 Å². The van der Waals surface area contributed by atoms with Crippen molar-refractivity contribution in [3.05, 3.63) is 34.4 Å². The Hall–Kier alpha value is -1.37. The smallest absolute Gasteiger partial charge is 0.419 e. The molecule has 0 saturated heterocycles. The maximum Gasteiger partial charge on any atom is 0.419 e. The van der Waals surface area contributed by atoms with E-state index in [9.17, 15) is 4.79 Å². The standard InChI is InChI=1S/C16H20BrNO4/c1-16(2,3)22-15(19)18-12-9-11(17)7-6-10(12)8-13(18)14(20-4)21-5/h6-9,14H,1-5H3. The fraction of sp³-hybridized carbons (Fsp3) is 0.438. The minimum Gasteiger partial charge on any atom is -0.443 e. The van der Waals surface area contributed by atoms with Gasteiger partial charge < -0.3 is 14.2 Å². The first-order valence-electron chi connectivity index (χ1n) is 6.86. The molecule has 1 aromatic carbocycles. The highest BCUT2D eigenvalue weighted by molar-refractivity contribution is 9.10. The minimum atomic E-state index is -0.654. The fourth-order valence-corrected chi connectivity index (χ4v) is 2.57. The summed E-state index contributed by atoms with van der Waals surface area (Å²) < 4.78 is 18.5. The van der Waals surface area contributed by atoms with Gasteiger partial charge in [-0.3, -0.25) is 0 Å². The molecule has 2 rings (SSSR count). The second kappa shape index (κ2) is 6.40. The molecule has 0 radical (unpaired) electrons. The molecule has 0 atom stereocenters. The molecule has 1 heterocycles. The van der Waals surface area contributed by atoms with E-state index < -0.39 is 18.0 Å². The van der Waals surface area contributed by atoms with Crippen molar-refractivity contribution in [2.45, 2.75) is 32.7 Å². The van der Waals surface area contributed by atoms with Gasteiger partial charge in [0, 0.05) is 24.1 Å². The monoisotopic (exact) mass is 369 g/mol. The van der Waals surface area contributed by atoms with Gasteiger partial charge in [-0.15, -0.1) is 0 Å². The van der Waals surface area contributed by atoms with E-state index in [-0.39, 0.29) is 0 Å². The summed E-state index contributed by atoms with van der Waals surface area (Å²) in [6.07, 6.45) is -1.12. The number of methoxy groups -OCH3 is 2. The van der Waals surface area contributed by atoms with Gasteiger partial charge >= 0.3 is 6.09 Å². The summed E-state index contributed by atoms with van der Waals surface area (Å²) in [4.78, 5) is 12.6. The second-order valence-electron chi connectivity index (χ2n) is 5.89. The van der Waals surface area contributed by atoms with Gasteiger partial charge in [-0.1, -0.05) is 22.0 Å². The Morgan fingerprint density at radius 2 is 1.82 bits per heavy atom. The summed E-state index contributed by atoms with van der Waals surface area (Å²) >= 11 is 3.43. The zero-order valence-electron chi connectivity index (χ0n) is 13.3. The predicted molar refractivity (Wildman–Crippen MR) is 88.0 cm³/mol. The van der Waals surface area contributed by atoms with Crippen LogP contribution in [0.3, 0.4) is 0 Å². The molecule has 0 N–H and O–H groups in total. The van der Waals surface area contributed by atoms with Crippen LogP contribution in [0.15, 0.2) is 28.7 Å². The number of nitrogens with zero attached hydrogens (tertiary/aromatic N) is 1. The lowest BCUT2D eigenvalue weighted by Crippen LogP contribution is -2.28. The molecule has 0 aliphatic heterocycles. The van der Waals surface area contributed by atoms with Crippen LogP contribution in [0, 0.1) is 0 Å². The highest BCUT2D eigenvalue weighted by Gasteiger charge is 2.26. The second-order valence-corrected chi connectivity index (χ2v) is 6.81. The van der Waals surface area contributed by atoms with Crippen molar-refractivity contribution in [2.24, 2.45) is 0 Å². The highest BCUT2D eigenvalue weighted by Crippen LogP contribution is 2.29. The van der Waals surface area contributed by atoms with Crippen LogP contribution in [-0.4, -0.2) is 30.5 Å². The van der Waals surface area contributed by atoms with Crippen LogP contribution in [0.2, 0.25) is 0 Å². The van der Waals surface area contributed by atoms with E-state index in [0.29, 0.717) is 5.69 Å². The van der Waals surface area contributed by atoms with Gasteiger partial charge in [0.1, 0.15) is 5.60 Å². The summed E-state index contributed by atoms with van der Waals surface area (Å²) in [6, 6.07) is 7.57. The Labute approximate surface area is 138 Å². The molecule has 1 aromatic heterocycles. The molecule has 6 heteroatoms. The molecule has 0 bridgehead atoms. The number of halogens is 1. The van der Waals surface area contributed by atoms with E-state index in [1.807, 2.05) is 45.0 Å². The number of benzene rings is 1. The molecule has 0 aliphatic carbocycles. The van der Waals surface area contributed by atoms with Crippen LogP contribution >= 0.6 is 15.9 Å². The Bertz CT molecular complexity index is 683. The Kier molecular flexibility index (Phi) is 4.94. The van der Waals surface area contributed by atoms with Gasteiger partial charge in [0.05, 0.1) is 11.2 Å². The number of ether oxygens (including phenoxy) is 3. The van der Waals surface area contributed by atoms with E-state index >= 15 is 0 Å². The van der Waals surface area contributed by atoms with E-state index in [0.717, 1.165) is 15.4 Å². The molecule has 0 fully saturated rings. The quantitative estimate of drug-likeness (QED) is 0.748. The normalized spacial score (nSPS) is 12.1. The number of aromatic nitrogens is 1. The van der Waals surface area contributed by atoms with Crippen molar-refractivity contribution in [3.8, 4) is 0 Å². The third kappa shape index (κ3) is 3.51. The molecule has 0 amide bonds. The first kappa shape index (κ1) is 17.0. The van der Waals surface area contributed by atoms with Crippen molar-refractivity contribution >= 4 is 32.9 Å². The van der Waals surface area contributed by atoms with Gasteiger partial charge in [-0.05, 0) is 39.0 Å². The van der Waals surface area contributed by atoms with Crippen molar-refractivity contribution < 1.29 is 19.0 Å². The average molecular weight is 370 g/mol. The number of rotatable bonds is 3. The molecule has 0 aliphatic rings. The van der Waals surface area contributed by atoms with Crippen LogP contribution < -0.4 is 0 Å². The first-order valence-corrected chi connectivity index (χ1v) is 7.66. The van der Waals surface area contributed by atoms with Gasteiger partial charge in [-0.25, -0.2) is 9.36 Å². The SMILES string of the molecule is COC(OC)c1cc2ccc(Br)cc2n1C(=O)OC(C)(C)C. The Balaban J connectivity index is 2.63. The van der Waals surface area contributed by atoms with Gasteiger partial charge in [0.15, 0.2) is 6.29 Å². The fourth-order valence-electron chi connectivity index (χ4n) is 2.22. The summed E-state index contributed by atoms with van der Waals surface area (Å²) in [5.74, 6) is 0. The molecule has 0 spiro atoms. The molecule has 22 heavy (non-hydrogen) atoms. The lowest BCUT2D eigenvalue weighted by atomic mass is 10.2. The molecular formula is C16H20BrNO4. The molecular weight excluding hydrogens is 350 g/mol.